The minimum absolute atomic E-state index is 0.204. The lowest BCUT2D eigenvalue weighted by Crippen LogP contribution is -2.73. The van der Waals surface area contributed by atoms with Crippen molar-refractivity contribution < 1.29 is 23.4 Å². The highest BCUT2D eigenvalue weighted by atomic mass is 31.1. The molecule has 39 heavy (non-hydrogen) atoms. The number of aryl methyl sites for hydroxylation is 1. The molecule has 2 aromatic rings. The number of nitrogens with zero attached hydrogens (tertiary/aromatic N) is 1. The number of hydrogen-bond donors (Lipinski definition) is 1. The Balaban J connectivity index is 1.82. The van der Waals surface area contributed by atoms with Crippen LogP contribution in [0.2, 0.25) is 0 Å². The number of benzene rings is 2. The van der Waals surface area contributed by atoms with Crippen molar-refractivity contribution in [3.63, 3.8) is 0 Å². The van der Waals surface area contributed by atoms with Crippen LogP contribution in [-0.4, -0.2) is 29.7 Å². The van der Waals surface area contributed by atoms with Crippen molar-refractivity contribution in [1.82, 2.24) is 10.2 Å². The fraction of sp³-hybridized carbons (Fsp3) is 0.484. The first-order valence-corrected chi connectivity index (χ1v) is 15.4. The zero-order valence-electron chi connectivity index (χ0n) is 23.9. The molecule has 1 aliphatic heterocycles. The van der Waals surface area contributed by atoms with E-state index in [2.05, 4.69) is 18.8 Å². The van der Waals surface area contributed by atoms with Gasteiger partial charge in [-0.1, -0.05) is 75.2 Å². The van der Waals surface area contributed by atoms with Crippen LogP contribution in [0.25, 0.3) is 0 Å². The number of β-lactam (4-membered cyclic amide) rings is 1. The van der Waals surface area contributed by atoms with Gasteiger partial charge in [-0.3, -0.25) is 9.36 Å². The molecule has 1 aliphatic rings. The first kappa shape index (κ1) is 30.6. The lowest BCUT2D eigenvalue weighted by atomic mass is 9.72. The van der Waals surface area contributed by atoms with Crippen molar-refractivity contribution in [3.8, 4) is 5.75 Å². The molecule has 1 saturated heterocycles. The van der Waals surface area contributed by atoms with Gasteiger partial charge in [0, 0.05) is 0 Å². The molecule has 2 aromatic carbocycles. The van der Waals surface area contributed by atoms with Gasteiger partial charge in [0.25, 0.3) is 0 Å². The number of rotatable bonds is 14. The molecular weight excluding hydrogens is 511 g/mol. The molecule has 0 aromatic heterocycles. The van der Waals surface area contributed by atoms with Gasteiger partial charge in [0.15, 0.2) is 14.3 Å². The van der Waals surface area contributed by atoms with E-state index in [1.165, 1.54) is 4.90 Å². The topological polar surface area (TPSA) is 84.9 Å². The second kappa shape index (κ2) is 14.0. The molecule has 0 saturated carbocycles. The molecule has 7 nitrogen and oxygen atoms in total. The van der Waals surface area contributed by atoms with Crippen LogP contribution in [0.15, 0.2) is 61.2 Å². The van der Waals surface area contributed by atoms with Gasteiger partial charge in [-0.15, -0.1) is 6.58 Å². The Morgan fingerprint density at radius 1 is 1.08 bits per heavy atom. The molecule has 0 radical (unpaired) electrons. The molecule has 3 amide bonds. The third-order valence-corrected chi connectivity index (χ3v) is 9.40. The highest BCUT2D eigenvalue weighted by Gasteiger charge is 2.63. The molecular formula is C31H43N2O5P. The summed E-state index contributed by atoms with van der Waals surface area (Å²) in [6.45, 7) is 14.0. The molecule has 3 rings (SSSR count). The minimum atomic E-state index is -2.28. The van der Waals surface area contributed by atoms with Crippen molar-refractivity contribution in [3.05, 3.63) is 77.9 Å². The number of likely N-dealkylation sites (tertiary alicyclic amines) is 1. The molecule has 4 atom stereocenters. The van der Waals surface area contributed by atoms with E-state index in [0.717, 1.165) is 29.5 Å². The summed E-state index contributed by atoms with van der Waals surface area (Å²) in [7, 11) is -2.28. The third-order valence-electron chi connectivity index (χ3n) is 7.69. The Kier molecular flexibility index (Phi) is 11.0. The van der Waals surface area contributed by atoms with E-state index >= 15 is 0 Å². The quantitative estimate of drug-likeness (QED) is 0.147. The molecule has 0 bridgehead atoms. The largest absolute Gasteiger partial charge is 0.469 e. The summed E-state index contributed by atoms with van der Waals surface area (Å²) in [5.41, 5.74) is 1.99. The fourth-order valence-electron chi connectivity index (χ4n) is 5.21. The van der Waals surface area contributed by atoms with Crippen LogP contribution < -0.4 is 10.1 Å². The summed E-state index contributed by atoms with van der Waals surface area (Å²) >= 11 is 0. The molecule has 2 unspecified atom stereocenters. The van der Waals surface area contributed by atoms with E-state index in [1.807, 2.05) is 64.1 Å². The second-order valence-corrected chi connectivity index (χ2v) is 11.7. The summed E-state index contributed by atoms with van der Waals surface area (Å²) < 4.78 is 24.4. The number of carbonyl (C=O) groups is 2. The SMILES string of the molecule is C=CCC(c1ccc(O[C@@H]2N(C(=O)N[C@H](CCC)c3ccc(C)cc3)C(=O)C2(CC)CC)cc1)[PH](=O)OCC. The summed E-state index contributed by atoms with van der Waals surface area (Å²) in [6.07, 6.45) is 4.32. The first-order valence-electron chi connectivity index (χ1n) is 14.0. The molecule has 8 heteroatoms. The van der Waals surface area contributed by atoms with Crippen molar-refractivity contribution >= 4 is 20.0 Å². The van der Waals surface area contributed by atoms with Crippen LogP contribution in [-0.2, 0) is 13.9 Å². The molecule has 1 heterocycles. The van der Waals surface area contributed by atoms with E-state index < -0.39 is 25.7 Å². The van der Waals surface area contributed by atoms with E-state index in [0.29, 0.717) is 31.6 Å². The minimum Gasteiger partial charge on any atom is -0.469 e. The smallest absolute Gasteiger partial charge is 0.327 e. The van der Waals surface area contributed by atoms with Gasteiger partial charge >= 0.3 is 6.03 Å². The second-order valence-electron chi connectivity index (χ2n) is 10.1. The summed E-state index contributed by atoms with van der Waals surface area (Å²) in [5, 5.41) is 3.08. The molecule has 1 N–H and O–H groups in total. The highest BCUT2D eigenvalue weighted by Crippen LogP contribution is 2.47. The van der Waals surface area contributed by atoms with Crippen molar-refractivity contribution in [2.75, 3.05) is 6.61 Å². The fourth-order valence-corrected chi connectivity index (χ4v) is 6.52. The van der Waals surface area contributed by atoms with Crippen LogP contribution in [0.5, 0.6) is 5.75 Å². The van der Waals surface area contributed by atoms with Gasteiger partial charge in [-0.25, -0.2) is 9.69 Å². The van der Waals surface area contributed by atoms with E-state index in [1.54, 1.807) is 18.2 Å². The Labute approximate surface area is 233 Å². The Morgan fingerprint density at radius 3 is 2.23 bits per heavy atom. The summed E-state index contributed by atoms with van der Waals surface area (Å²) in [5.74, 6) is 0.324. The summed E-state index contributed by atoms with van der Waals surface area (Å²) in [4.78, 5) is 28.1. The Hall–Kier alpha value is -2.89. The third kappa shape index (κ3) is 6.64. The standard InChI is InChI=1S/C31H43N2O5P/c1-7-12-26(23-16-14-22(6)15-17-23)32-30(35)33-28(34)31(9-3,10-4)29(33)38-25-20-18-24(19-21-25)27(13-8-2)39(36)37-11-5/h8,14-21,26-27,29,39H,2,7,9-13H2,1,3-6H3,(H,32,35)/t26-,27?,29+/m1/s1. The lowest BCUT2D eigenvalue weighted by molar-refractivity contribution is -0.191. The maximum Gasteiger partial charge on any atom is 0.327 e. The van der Waals surface area contributed by atoms with Gasteiger partial charge in [0.05, 0.1) is 18.3 Å². The maximum atomic E-state index is 13.5. The van der Waals surface area contributed by atoms with Crippen molar-refractivity contribution in [2.45, 2.75) is 84.7 Å². The average molecular weight is 555 g/mol. The predicted octanol–water partition coefficient (Wildman–Crippen LogP) is 7.73. The number of imide groups is 1. The number of hydrogen-bond acceptors (Lipinski definition) is 5. The van der Waals surface area contributed by atoms with E-state index in [-0.39, 0.29) is 17.6 Å². The molecule has 0 aliphatic carbocycles. The average Bonchev–Trinajstić information content (AvgIpc) is 2.93. The monoisotopic (exact) mass is 554 g/mol. The number of urea groups is 1. The zero-order chi connectivity index (χ0) is 28.6. The van der Waals surface area contributed by atoms with Crippen molar-refractivity contribution in [1.29, 1.82) is 0 Å². The van der Waals surface area contributed by atoms with E-state index in [9.17, 15) is 14.2 Å². The van der Waals surface area contributed by atoms with E-state index in [4.69, 9.17) is 9.26 Å². The van der Waals surface area contributed by atoms with Gasteiger partial charge in [-0.05, 0) is 62.8 Å². The molecule has 0 spiro atoms. The highest BCUT2D eigenvalue weighted by molar-refractivity contribution is 7.39. The molecule has 1 fully saturated rings. The summed E-state index contributed by atoms with van der Waals surface area (Å²) in [6, 6.07) is 14.8. The van der Waals surface area contributed by atoms with Gasteiger partial charge in [0.2, 0.25) is 5.91 Å². The van der Waals surface area contributed by atoms with Crippen LogP contribution in [0.3, 0.4) is 0 Å². The van der Waals surface area contributed by atoms with Crippen LogP contribution in [0.4, 0.5) is 4.79 Å². The Bertz CT molecular complexity index is 1140. The number of amides is 3. The molecule has 212 valence electrons. The number of ether oxygens (including phenoxy) is 1. The zero-order valence-corrected chi connectivity index (χ0v) is 24.9. The number of carbonyl (C=O) groups excluding carboxylic acids is 2. The number of nitrogens with one attached hydrogen (secondary N) is 1. The van der Waals surface area contributed by atoms with Gasteiger partial charge < -0.3 is 14.6 Å². The van der Waals surface area contributed by atoms with Crippen LogP contribution >= 0.6 is 8.03 Å². The normalized spacial score (nSPS) is 18.5. The first-order chi connectivity index (χ1) is 18.8. The van der Waals surface area contributed by atoms with Crippen molar-refractivity contribution in [2.24, 2.45) is 5.41 Å². The van der Waals surface area contributed by atoms with Crippen LogP contribution in [0, 0.1) is 12.3 Å². The lowest BCUT2D eigenvalue weighted by Gasteiger charge is -2.53. The number of allylic oxidation sites excluding steroid dienone is 1. The van der Waals surface area contributed by atoms with Gasteiger partial charge in [0.1, 0.15) is 11.2 Å². The van der Waals surface area contributed by atoms with Gasteiger partial charge in [-0.2, -0.15) is 0 Å². The van der Waals surface area contributed by atoms with Crippen LogP contribution in [0.1, 0.15) is 88.2 Å². The Morgan fingerprint density at radius 2 is 1.69 bits per heavy atom. The maximum absolute atomic E-state index is 13.5. The predicted molar refractivity (Wildman–Crippen MR) is 156 cm³/mol.